The molecule has 8 nitrogen and oxygen atoms in total. The highest BCUT2D eigenvalue weighted by Crippen LogP contribution is 2.26. The van der Waals surface area contributed by atoms with Crippen molar-refractivity contribution in [1.82, 2.24) is 14.5 Å². The van der Waals surface area contributed by atoms with Crippen molar-refractivity contribution in [3.8, 4) is 0 Å². The van der Waals surface area contributed by atoms with Crippen LogP contribution in [-0.4, -0.2) is 75.4 Å². The molecule has 1 aromatic heterocycles. The summed E-state index contributed by atoms with van der Waals surface area (Å²) in [5.41, 5.74) is 0. The summed E-state index contributed by atoms with van der Waals surface area (Å²) in [6.07, 6.45) is 1.45. The fourth-order valence-corrected chi connectivity index (χ4v) is 6.00. The van der Waals surface area contributed by atoms with Crippen molar-refractivity contribution in [2.24, 2.45) is 5.92 Å². The molecule has 0 unspecified atom stereocenters. The molecule has 0 spiro atoms. The third kappa shape index (κ3) is 3.78. The van der Waals surface area contributed by atoms with Gasteiger partial charge >= 0.3 is 5.97 Å². The summed E-state index contributed by atoms with van der Waals surface area (Å²) < 4.78 is 31.9. The maximum absolute atomic E-state index is 12.9. The van der Waals surface area contributed by atoms with Gasteiger partial charge in [-0.2, -0.15) is 4.31 Å². The first-order valence-electron chi connectivity index (χ1n) is 8.58. The molecule has 1 N–H and O–H groups in total. The Labute approximate surface area is 157 Å². The normalized spacial score (nSPS) is 23.0. The van der Waals surface area contributed by atoms with Crippen molar-refractivity contribution < 1.29 is 22.7 Å². The SMILES string of the molecule is COC(=O)[C@H]1CN(S(=O)(=O)c2cccs2)CCN1C(=O)C1CCNCC1. The van der Waals surface area contributed by atoms with Gasteiger partial charge in [0, 0.05) is 25.6 Å². The highest BCUT2D eigenvalue weighted by Gasteiger charge is 2.42. The maximum Gasteiger partial charge on any atom is 0.329 e. The number of piperidine rings is 1. The summed E-state index contributed by atoms with van der Waals surface area (Å²) in [4.78, 5) is 26.7. The number of rotatable bonds is 4. The number of thiophene rings is 1. The van der Waals surface area contributed by atoms with Crippen LogP contribution >= 0.6 is 11.3 Å². The van der Waals surface area contributed by atoms with Crippen LogP contribution < -0.4 is 5.32 Å². The molecule has 1 aromatic rings. The Hall–Kier alpha value is -1.49. The van der Waals surface area contributed by atoms with E-state index in [1.54, 1.807) is 17.5 Å². The quantitative estimate of drug-likeness (QED) is 0.720. The number of nitrogens with one attached hydrogen (secondary N) is 1. The van der Waals surface area contributed by atoms with Crippen molar-refractivity contribution in [2.45, 2.75) is 23.1 Å². The average Bonchev–Trinajstić information content (AvgIpc) is 3.22. The standard InChI is InChI=1S/C16H23N3O5S2/c1-24-16(21)13-11-18(26(22,23)14-3-2-10-25-14)8-9-19(13)15(20)12-4-6-17-7-5-12/h2-3,10,12-13,17H,4-9,11H2,1H3/t13-/m1/s1. The third-order valence-electron chi connectivity index (χ3n) is 4.88. The van der Waals surface area contributed by atoms with E-state index in [4.69, 9.17) is 4.74 Å². The molecule has 1 amide bonds. The Morgan fingerprint density at radius 3 is 2.62 bits per heavy atom. The summed E-state index contributed by atoms with van der Waals surface area (Å²) >= 11 is 1.14. The molecular weight excluding hydrogens is 378 g/mol. The Morgan fingerprint density at radius 1 is 1.27 bits per heavy atom. The van der Waals surface area contributed by atoms with Gasteiger partial charge in [-0.1, -0.05) is 6.07 Å². The number of hydrogen-bond acceptors (Lipinski definition) is 7. The molecule has 26 heavy (non-hydrogen) atoms. The number of carbonyl (C=O) groups excluding carboxylic acids is 2. The molecule has 3 heterocycles. The van der Waals surface area contributed by atoms with Crippen LogP contribution in [0.4, 0.5) is 0 Å². The lowest BCUT2D eigenvalue weighted by Crippen LogP contribution is -2.60. The van der Waals surface area contributed by atoms with Gasteiger partial charge in [0.05, 0.1) is 7.11 Å². The molecule has 0 bridgehead atoms. The minimum atomic E-state index is -3.67. The summed E-state index contributed by atoms with van der Waals surface area (Å²) in [5, 5.41) is 4.91. The molecule has 3 rings (SSSR count). The molecule has 2 fully saturated rings. The number of esters is 1. The monoisotopic (exact) mass is 401 g/mol. The van der Waals surface area contributed by atoms with Crippen molar-refractivity contribution in [1.29, 1.82) is 0 Å². The van der Waals surface area contributed by atoms with Crippen LogP contribution in [-0.2, 0) is 24.3 Å². The number of nitrogens with zero attached hydrogens (tertiary/aromatic N) is 2. The van der Waals surface area contributed by atoms with E-state index in [1.165, 1.54) is 16.3 Å². The topological polar surface area (TPSA) is 96.0 Å². The molecule has 2 saturated heterocycles. The van der Waals surface area contributed by atoms with Gasteiger partial charge in [0.1, 0.15) is 10.3 Å². The molecule has 0 aliphatic carbocycles. The van der Waals surface area contributed by atoms with E-state index < -0.39 is 22.0 Å². The molecule has 1 atom stereocenters. The molecular formula is C16H23N3O5S2. The number of hydrogen-bond donors (Lipinski definition) is 1. The van der Waals surface area contributed by atoms with E-state index in [-0.39, 0.29) is 35.7 Å². The second kappa shape index (κ2) is 8.03. The predicted octanol–water partition coefficient (Wildman–Crippen LogP) is 0.122. The molecule has 144 valence electrons. The number of sulfonamides is 1. The van der Waals surface area contributed by atoms with Gasteiger partial charge < -0.3 is 15.0 Å². The number of methoxy groups -OCH3 is 1. The fourth-order valence-electron chi connectivity index (χ4n) is 3.42. The highest BCUT2D eigenvalue weighted by atomic mass is 32.2. The van der Waals surface area contributed by atoms with Gasteiger partial charge in [0.15, 0.2) is 0 Å². The Bertz CT molecular complexity index is 744. The summed E-state index contributed by atoms with van der Waals surface area (Å²) in [5.74, 6) is -0.808. The lowest BCUT2D eigenvalue weighted by molar-refractivity contribution is -0.157. The van der Waals surface area contributed by atoms with Crippen LogP contribution in [0.1, 0.15) is 12.8 Å². The van der Waals surface area contributed by atoms with E-state index in [9.17, 15) is 18.0 Å². The van der Waals surface area contributed by atoms with E-state index in [0.717, 1.165) is 37.3 Å². The van der Waals surface area contributed by atoms with Crippen LogP contribution in [0.2, 0.25) is 0 Å². The summed E-state index contributed by atoms with van der Waals surface area (Å²) in [6, 6.07) is 2.30. The molecule has 2 aliphatic heterocycles. The maximum atomic E-state index is 12.9. The molecule has 0 radical (unpaired) electrons. The lowest BCUT2D eigenvalue weighted by atomic mass is 9.95. The zero-order valence-corrected chi connectivity index (χ0v) is 16.2. The Kier molecular flexibility index (Phi) is 5.96. The zero-order valence-electron chi connectivity index (χ0n) is 14.6. The Morgan fingerprint density at radius 2 is 2.00 bits per heavy atom. The van der Waals surface area contributed by atoms with Gasteiger partial charge in [-0.15, -0.1) is 11.3 Å². The molecule has 10 heteroatoms. The first kappa shape index (κ1) is 19.3. The molecule has 0 saturated carbocycles. The van der Waals surface area contributed by atoms with Crippen LogP contribution in [0.3, 0.4) is 0 Å². The van der Waals surface area contributed by atoms with E-state index in [0.29, 0.717) is 0 Å². The van der Waals surface area contributed by atoms with Crippen molar-refractivity contribution in [2.75, 3.05) is 39.8 Å². The Balaban J connectivity index is 1.79. The highest BCUT2D eigenvalue weighted by molar-refractivity contribution is 7.91. The van der Waals surface area contributed by atoms with E-state index in [2.05, 4.69) is 5.32 Å². The zero-order chi connectivity index (χ0) is 18.7. The minimum absolute atomic E-state index is 0.0797. The van der Waals surface area contributed by atoms with Crippen LogP contribution in [0.15, 0.2) is 21.7 Å². The number of piperazine rings is 1. The largest absolute Gasteiger partial charge is 0.467 e. The smallest absolute Gasteiger partial charge is 0.329 e. The van der Waals surface area contributed by atoms with Crippen LogP contribution in [0.5, 0.6) is 0 Å². The third-order valence-corrected chi connectivity index (χ3v) is 8.12. The lowest BCUT2D eigenvalue weighted by Gasteiger charge is -2.40. The summed E-state index contributed by atoms with van der Waals surface area (Å²) in [7, 11) is -2.42. The number of ether oxygens (including phenoxy) is 1. The second-order valence-corrected chi connectivity index (χ2v) is 9.50. The number of carbonyl (C=O) groups is 2. The van der Waals surface area contributed by atoms with E-state index in [1.807, 2.05) is 0 Å². The molecule has 0 aromatic carbocycles. The summed E-state index contributed by atoms with van der Waals surface area (Å²) in [6.45, 7) is 1.82. The first-order valence-corrected chi connectivity index (χ1v) is 10.9. The van der Waals surface area contributed by atoms with E-state index >= 15 is 0 Å². The average molecular weight is 402 g/mol. The van der Waals surface area contributed by atoms with Crippen LogP contribution in [0.25, 0.3) is 0 Å². The van der Waals surface area contributed by atoms with Gasteiger partial charge in [0.25, 0.3) is 10.0 Å². The van der Waals surface area contributed by atoms with Gasteiger partial charge in [-0.3, -0.25) is 4.79 Å². The number of amides is 1. The van der Waals surface area contributed by atoms with Crippen LogP contribution in [0, 0.1) is 5.92 Å². The minimum Gasteiger partial charge on any atom is -0.467 e. The molecule has 2 aliphatic rings. The second-order valence-electron chi connectivity index (χ2n) is 6.39. The first-order chi connectivity index (χ1) is 12.4. The van der Waals surface area contributed by atoms with Gasteiger partial charge in [-0.25, -0.2) is 13.2 Å². The predicted molar refractivity (Wildman–Crippen MR) is 96.2 cm³/mol. The van der Waals surface area contributed by atoms with Gasteiger partial charge in [0.2, 0.25) is 5.91 Å². The van der Waals surface area contributed by atoms with Gasteiger partial charge in [-0.05, 0) is 37.4 Å². The fraction of sp³-hybridized carbons (Fsp3) is 0.625. The van der Waals surface area contributed by atoms with Crippen molar-refractivity contribution >= 4 is 33.2 Å². The van der Waals surface area contributed by atoms with Crippen molar-refractivity contribution in [3.05, 3.63) is 17.5 Å². The van der Waals surface area contributed by atoms with Crippen molar-refractivity contribution in [3.63, 3.8) is 0 Å².